The maximum atomic E-state index is 12.3. The van der Waals surface area contributed by atoms with Crippen LogP contribution in [0, 0.1) is 6.92 Å². The second-order valence-electron chi connectivity index (χ2n) is 7.40. The quantitative estimate of drug-likeness (QED) is 0.554. The van der Waals surface area contributed by atoms with Gasteiger partial charge >= 0.3 is 0 Å². The number of carbonyl (C=O) groups is 1. The Morgan fingerprint density at radius 1 is 1.00 bits per heavy atom. The molecule has 2 aromatic rings. The highest BCUT2D eigenvalue weighted by atomic mass is 35.5. The third-order valence-corrected chi connectivity index (χ3v) is 5.78. The molecule has 3 rings (SSSR count). The fraction of sp³-hybridized carbons (Fsp3) is 0.364. The van der Waals surface area contributed by atoms with Crippen molar-refractivity contribution in [1.29, 1.82) is 0 Å². The van der Waals surface area contributed by atoms with Gasteiger partial charge < -0.3 is 0 Å². The molecule has 0 aromatic heterocycles. The van der Waals surface area contributed by atoms with Crippen LogP contribution in [0.4, 0.5) is 0 Å². The zero-order chi connectivity index (χ0) is 20.8. The Balaban J connectivity index is 1.43. The average Bonchev–Trinajstić information content (AvgIpc) is 2.71. The summed E-state index contributed by atoms with van der Waals surface area (Å²) in [5, 5.41) is 5.15. The predicted molar refractivity (Wildman–Crippen MR) is 120 cm³/mol. The summed E-state index contributed by atoms with van der Waals surface area (Å²) in [7, 11) is 0. The minimum Gasteiger partial charge on any atom is -0.297 e. The molecule has 0 atom stereocenters. The lowest BCUT2D eigenvalue weighted by Crippen LogP contribution is -2.48. The number of piperazine rings is 1. The number of aryl methyl sites for hydroxylation is 1. The fourth-order valence-corrected chi connectivity index (χ4v) is 3.53. The van der Waals surface area contributed by atoms with Crippen LogP contribution in [0.15, 0.2) is 47.6 Å². The van der Waals surface area contributed by atoms with Gasteiger partial charge in [-0.15, -0.1) is 0 Å². The van der Waals surface area contributed by atoms with Crippen molar-refractivity contribution in [2.45, 2.75) is 20.4 Å². The number of benzene rings is 2. The molecule has 0 spiro atoms. The number of amides is 1. The van der Waals surface area contributed by atoms with Crippen LogP contribution in [0.5, 0.6) is 0 Å². The first-order valence-corrected chi connectivity index (χ1v) is 10.4. The van der Waals surface area contributed by atoms with E-state index in [2.05, 4.69) is 51.5 Å². The van der Waals surface area contributed by atoms with E-state index in [0.29, 0.717) is 22.3 Å². The molecule has 29 heavy (non-hydrogen) atoms. The van der Waals surface area contributed by atoms with Gasteiger partial charge in [-0.3, -0.25) is 14.6 Å². The summed E-state index contributed by atoms with van der Waals surface area (Å²) >= 11 is 12.0. The van der Waals surface area contributed by atoms with Gasteiger partial charge in [-0.05, 0) is 37.1 Å². The Morgan fingerprint density at radius 3 is 2.31 bits per heavy atom. The summed E-state index contributed by atoms with van der Waals surface area (Å²) in [5.74, 6) is -0.114. The first kappa shape index (κ1) is 21.8. The Hall–Kier alpha value is -1.92. The van der Waals surface area contributed by atoms with Gasteiger partial charge in [0.15, 0.2) is 0 Å². The Kier molecular flexibility index (Phi) is 7.67. The summed E-state index contributed by atoms with van der Waals surface area (Å²) in [6, 6.07) is 13.9. The molecule has 1 saturated heterocycles. The van der Waals surface area contributed by atoms with Crippen LogP contribution in [0.1, 0.15) is 23.6 Å². The monoisotopic (exact) mass is 432 g/mol. The van der Waals surface area contributed by atoms with E-state index in [4.69, 9.17) is 23.2 Å². The molecular weight excluding hydrogens is 407 g/mol. The fourth-order valence-electron chi connectivity index (χ4n) is 3.23. The van der Waals surface area contributed by atoms with E-state index in [-0.39, 0.29) is 5.91 Å². The van der Waals surface area contributed by atoms with E-state index in [1.54, 1.807) is 12.1 Å². The largest absolute Gasteiger partial charge is 0.297 e. The smallest absolute Gasteiger partial charge is 0.254 e. The molecule has 0 saturated carbocycles. The molecule has 1 fully saturated rings. The molecule has 1 aliphatic rings. The molecule has 1 N–H and O–H groups in total. The van der Waals surface area contributed by atoms with Gasteiger partial charge in [-0.25, -0.2) is 5.43 Å². The first-order chi connectivity index (χ1) is 13.9. The van der Waals surface area contributed by atoms with E-state index in [1.807, 2.05) is 13.0 Å². The Bertz CT molecular complexity index is 875. The van der Waals surface area contributed by atoms with Crippen molar-refractivity contribution in [2.75, 3.05) is 32.7 Å². The van der Waals surface area contributed by atoms with E-state index in [1.165, 1.54) is 11.1 Å². The zero-order valence-corrected chi connectivity index (χ0v) is 18.3. The molecule has 1 amide bonds. The number of carbonyl (C=O) groups excluding carboxylic acids is 1. The molecule has 7 heteroatoms. The van der Waals surface area contributed by atoms with Crippen molar-refractivity contribution < 1.29 is 4.79 Å². The summed E-state index contributed by atoms with van der Waals surface area (Å²) < 4.78 is 0. The van der Waals surface area contributed by atoms with Crippen molar-refractivity contribution >= 4 is 34.8 Å². The van der Waals surface area contributed by atoms with Crippen LogP contribution in [0.3, 0.4) is 0 Å². The molecule has 0 bridgehead atoms. The van der Waals surface area contributed by atoms with Crippen LogP contribution in [0.25, 0.3) is 0 Å². The second-order valence-corrected chi connectivity index (χ2v) is 8.21. The van der Waals surface area contributed by atoms with Gasteiger partial charge in [0.05, 0.1) is 22.3 Å². The summed E-state index contributed by atoms with van der Waals surface area (Å²) in [4.78, 5) is 16.8. The Morgan fingerprint density at radius 2 is 1.66 bits per heavy atom. The second kappa shape index (κ2) is 10.2. The van der Waals surface area contributed by atoms with Crippen molar-refractivity contribution in [2.24, 2.45) is 5.10 Å². The number of rotatable bonds is 6. The minimum atomic E-state index is -0.114. The Labute approximate surface area is 182 Å². The highest BCUT2D eigenvalue weighted by Crippen LogP contribution is 2.22. The lowest BCUT2D eigenvalue weighted by atomic mass is 10.1. The summed E-state index contributed by atoms with van der Waals surface area (Å²) in [6.45, 7) is 8.86. The number of hydrogen-bond acceptors (Lipinski definition) is 4. The molecule has 1 aliphatic heterocycles. The highest BCUT2D eigenvalue weighted by molar-refractivity contribution is 6.42. The number of hydrogen-bond donors (Lipinski definition) is 1. The molecule has 5 nitrogen and oxygen atoms in total. The van der Waals surface area contributed by atoms with Crippen LogP contribution in [0.2, 0.25) is 10.0 Å². The van der Waals surface area contributed by atoms with Gasteiger partial charge in [-0.2, -0.15) is 5.10 Å². The van der Waals surface area contributed by atoms with E-state index in [0.717, 1.165) is 38.3 Å². The third kappa shape index (κ3) is 6.54. The number of nitrogens with zero attached hydrogens (tertiary/aromatic N) is 3. The van der Waals surface area contributed by atoms with Crippen LogP contribution in [-0.2, 0) is 11.3 Å². The van der Waals surface area contributed by atoms with Gasteiger partial charge in [0, 0.05) is 32.7 Å². The molecule has 1 heterocycles. The first-order valence-electron chi connectivity index (χ1n) is 9.69. The van der Waals surface area contributed by atoms with E-state index >= 15 is 0 Å². The number of hydrazone groups is 1. The number of nitrogens with one attached hydrogen (secondary N) is 1. The van der Waals surface area contributed by atoms with Crippen molar-refractivity contribution in [1.82, 2.24) is 15.2 Å². The lowest BCUT2D eigenvalue weighted by molar-refractivity contribution is -0.122. The van der Waals surface area contributed by atoms with Gasteiger partial charge in [0.25, 0.3) is 5.91 Å². The SMILES string of the molecule is CC(=NNC(=O)CN1CCN(Cc2ccc(C)cc2)CC1)c1ccc(Cl)c(Cl)c1. The van der Waals surface area contributed by atoms with E-state index in [9.17, 15) is 4.79 Å². The third-order valence-electron chi connectivity index (χ3n) is 5.04. The lowest BCUT2D eigenvalue weighted by Gasteiger charge is -2.34. The van der Waals surface area contributed by atoms with E-state index < -0.39 is 0 Å². The van der Waals surface area contributed by atoms with Gasteiger partial charge in [0.1, 0.15) is 0 Å². The molecule has 0 aliphatic carbocycles. The van der Waals surface area contributed by atoms with Crippen molar-refractivity contribution in [3.05, 3.63) is 69.2 Å². The predicted octanol–water partition coefficient (Wildman–Crippen LogP) is 3.96. The summed E-state index contributed by atoms with van der Waals surface area (Å²) in [6.07, 6.45) is 0. The topological polar surface area (TPSA) is 47.9 Å². The summed E-state index contributed by atoms with van der Waals surface area (Å²) in [5.41, 5.74) is 6.75. The normalized spacial score (nSPS) is 16.1. The number of halogens is 2. The molecule has 0 unspecified atom stereocenters. The van der Waals surface area contributed by atoms with Gasteiger partial charge in [0.2, 0.25) is 0 Å². The molecule has 154 valence electrons. The average molecular weight is 433 g/mol. The molecule has 2 aromatic carbocycles. The van der Waals surface area contributed by atoms with Crippen LogP contribution >= 0.6 is 23.2 Å². The van der Waals surface area contributed by atoms with Crippen molar-refractivity contribution in [3.63, 3.8) is 0 Å². The molecule has 0 radical (unpaired) electrons. The zero-order valence-electron chi connectivity index (χ0n) is 16.8. The maximum Gasteiger partial charge on any atom is 0.254 e. The van der Waals surface area contributed by atoms with Crippen LogP contribution in [-0.4, -0.2) is 54.1 Å². The van der Waals surface area contributed by atoms with Crippen LogP contribution < -0.4 is 5.43 Å². The highest BCUT2D eigenvalue weighted by Gasteiger charge is 2.19. The minimum absolute atomic E-state index is 0.114. The van der Waals surface area contributed by atoms with Gasteiger partial charge in [-0.1, -0.05) is 59.1 Å². The maximum absolute atomic E-state index is 12.3. The standard InChI is InChI=1S/C22H26Cl2N4O/c1-16-3-5-18(6-4-16)14-27-9-11-28(12-10-27)15-22(29)26-25-17(2)19-7-8-20(23)21(24)13-19/h3-8,13H,9-12,14-15H2,1-2H3,(H,26,29). The molecular formula is C22H26Cl2N4O. The van der Waals surface area contributed by atoms with Crippen molar-refractivity contribution in [3.8, 4) is 0 Å².